The van der Waals surface area contributed by atoms with Crippen LogP contribution in [-0.4, -0.2) is 46.2 Å². The third-order valence-corrected chi connectivity index (χ3v) is 7.18. The summed E-state index contributed by atoms with van der Waals surface area (Å²) in [5.41, 5.74) is 2.60. The van der Waals surface area contributed by atoms with Gasteiger partial charge in [0.15, 0.2) is 0 Å². The van der Waals surface area contributed by atoms with Crippen LogP contribution in [0.4, 0.5) is 5.69 Å². The fourth-order valence-electron chi connectivity index (χ4n) is 5.30. The number of fused-ring (bicyclic) bond motifs is 1. The molecule has 0 unspecified atom stereocenters. The van der Waals surface area contributed by atoms with Crippen LogP contribution in [0.25, 0.3) is 10.9 Å². The van der Waals surface area contributed by atoms with Crippen LogP contribution in [0.2, 0.25) is 0 Å². The summed E-state index contributed by atoms with van der Waals surface area (Å²) in [6.07, 6.45) is 5.62. The van der Waals surface area contributed by atoms with Gasteiger partial charge in [-0.2, -0.15) is 0 Å². The van der Waals surface area contributed by atoms with Crippen molar-refractivity contribution < 1.29 is 19.2 Å². The van der Waals surface area contributed by atoms with Crippen LogP contribution in [0, 0.1) is 5.92 Å². The molecule has 2 N–H and O–H groups in total. The van der Waals surface area contributed by atoms with Crippen molar-refractivity contribution in [2.24, 2.45) is 5.92 Å². The quantitative estimate of drug-likeness (QED) is 0.607. The number of anilines is 1. The Hall–Kier alpha value is -3.19. The smallest absolute Gasteiger partial charge is 0.294 e. The Kier molecular flexibility index (Phi) is 6.13. The van der Waals surface area contributed by atoms with E-state index in [0.29, 0.717) is 22.5 Å². The lowest BCUT2D eigenvalue weighted by molar-refractivity contribution is -0.138. The highest BCUT2D eigenvalue weighted by atomic mass is 16.5. The van der Waals surface area contributed by atoms with E-state index >= 15 is 0 Å². The molecule has 172 valence electrons. The summed E-state index contributed by atoms with van der Waals surface area (Å²) >= 11 is 0. The molecule has 5 rings (SSSR count). The summed E-state index contributed by atoms with van der Waals surface area (Å²) in [6.45, 7) is 0.845. The van der Waals surface area contributed by atoms with Gasteiger partial charge in [0.1, 0.15) is 5.52 Å². The summed E-state index contributed by atoms with van der Waals surface area (Å²) < 4.78 is 5.24. The Morgan fingerprint density at radius 1 is 1.03 bits per heavy atom. The second kappa shape index (κ2) is 9.35. The van der Waals surface area contributed by atoms with Crippen molar-refractivity contribution >= 4 is 28.4 Å². The van der Waals surface area contributed by atoms with E-state index < -0.39 is 0 Å². The monoisotopic (exact) mass is 447 g/mol. The molecule has 1 saturated carbocycles. The minimum atomic E-state index is -0.321. The average molecular weight is 448 g/mol. The number of hydrogen-bond donors (Lipinski definition) is 2. The van der Waals surface area contributed by atoms with E-state index in [2.05, 4.69) is 22.6 Å². The largest absolute Gasteiger partial charge is 0.394 e. The van der Waals surface area contributed by atoms with E-state index in [4.69, 9.17) is 4.52 Å². The van der Waals surface area contributed by atoms with E-state index in [1.165, 1.54) is 5.56 Å². The topological polar surface area (TPSA) is 95.7 Å². The number of carbonyl (C=O) groups excluding carboxylic acids is 2. The number of aliphatic hydroxyl groups excluding tert-OH is 1. The van der Waals surface area contributed by atoms with E-state index in [1.807, 2.05) is 41.3 Å². The zero-order valence-electron chi connectivity index (χ0n) is 18.6. The van der Waals surface area contributed by atoms with Gasteiger partial charge in [-0.3, -0.25) is 9.59 Å². The molecule has 2 amide bonds. The van der Waals surface area contributed by atoms with Gasteiger partial charge in [0, 0.05) is 18.2 Å². The summed E-state index contributed by atoms with van der Waals surface area (Å²) in [4.78, 5) is 27.4. The normalized spacial score (nSPS) is 23.1. The fourth-order valence-corrected chi connectivity index (χ4v) is 5.30. The lowest BCUT2D eigenvalue weighted by Crippen LogP contribution is -2.42. The Balaban J connectivity index is 1.17. The Morgan fingerprint density at radius 2 is 1.79 bits per heavy atom. The molecule has 1 aromatic heterocycles. The first kappa shape index (κ1) is 21.6. The lowest BCUT2D eigenvalue weighted by Gasteiger charge is -2.32. The summed E-state index contributed by atoms with van der Waals surface area (Å²) in [5.74, 6) is 0.605. The number of nitrogens with one attached hydrogen (secondary N) is 1. The maximum absolute atomic E-state index is 12.9. The zero-order valence-corrected chi connectivity index (χ0v) is 18.6. The highest BCUT2D eigenvalue weighted by Gasteiger charge is 2.35. The highest BCUT2D eigenvalue weighted by molar-refractivity contribution is 6.10. The maximum Gasteiger partial charge on any atom is 0.294 e. The molecular formula is C26H29N3O4. The summed E-state index contributed by atoms with van der Waals surface area (Å²) in [5, 5.41) is 17.0. The van der Waals surface area contributed by atoms with Crippen molar-refractivity contribution in [1.82, 2.24) is 10.1 Å². The van der Waals surface area contributed by atoms with Crippen LogP contribution in [0.15, 0.2) is 53.1 Å². The average Bonchev–Trinajstić information content (AvgIpc) is 3.51. The molecular weight excluding hydrogens is 418 g/mol. The minimum absolute atomic E-state index is 0.00734. The summed E-state index contributed by atoms with van der Waals surface area (Å²) in [7, 11) is 0. The number of amides is 2. The molecule has 1 aliphatic carbocycles. The van der Waals surface area contributed by atoms with Gasteiger partial charge in [0.05, 0.1) is 18.0 Å². The second-order valence-corrected chi connectivity index (χ2v) is 9.16. The predicted octanol–water partition coefficient (Wildman–Crippen LogP) is 4.34. The van der Waals surface area contributed by atoms with Crippen molar-refractivity contribution in [3.05, 3.63) is 59.9 Å². The molecule has 33 heavy (non-hydrogen) atoms. The number of aliphatic hydroxyl groups is 1. The lowest BCUT2D eigenvalue weighted by atomic mass is 9.78. The number of carbonyl (C=O) groups is 2. The van der Waals surface area contributed by atoms with Gasteiger partial charge in [-0.25, -0.2) is 0 Å². The molecule has 3 aromatic rings. The van der Waals surface area contributed by atoms with Gasteiger partial charge >= 0.3 is 0 Å². The molecule has 0 radical (unpaired) electrons. The van der Waals surface area contributed by atoms with Crippen LogP contribution in [0.5, 0.6) is 0 Å². The molecule has 2 fully saturated rings. The van der Waals surface area contributed by atoms with Crippen LogP contribution in [-0.2, 0) is 4.79 Å². The van der Waals surface area contributed by atoms with E-state index in [0.717, 1.165) is 45.1 Å². The van der Waals surface area contributed by atoms with Crippen LogP contribution >= 0.6 is 0 Å². The van der Waals surface area contributed by atoms with Gasteiger partial charge in [0.2, 0.25) is 11.7 Å². The van der Waals surface area contributed by atoms with Crippen molar-refractivity contribution in [3.8, 4) is 0 Å². The van der Waals surface area contributed by atoms with Crippen molar-refractivity contribution in [2.75, 3.05) is 18.5 Å². The van der Waals surface area contributed by atoms with E-state index in [-0.39, 0.29) is 36.1 Å². The third kappa shape index (κ3) is 4.37. The van der Waals surface area contributed by atoms with E-state index in [1.54, 1.807) is 0 Å². The third-order valence-electron chi connectivity index (χ3n) is 7.18. The Labute approximate surface area is 192 Å². The fraction of sp³-hybridized carbons (Fsp3) is 0.423. The molecule has 7 heteroatoms. The van der Waals surface area contributed by atoms with Gasteiger partial charge in [0.25, 0.3) is 5.91 Å². The Morgan fingerprint density at radius 3 is 2.55 bits per heavy atom. The number of benzene rings is 2. The number of rotatable bonds is 5. The van der Waals surface area contributed by atoms with Crippen molar-refractivity contribution in [2.45, 2.75) is 50.5 Å². The molecule has 2 aromatic carbocycles. The number of likely N-dealkylation sites (tertiary alicyclic amines) is 1. The summed E-state index contributed by atoms with van der Waals surface area (Å²) in [6, 6.07) is 15.3. The van der Waals surface area contributed by atoms with Crippen molar-refractivity contribution in [3.63, 3.8) is 0 Å². The first-order chi connectivity index (χ1) is 16.1. The first-order valence-corrected chi connectivity index (χ1v) is 11.8. The van der Waals surface area contributed by atoms with E-state index in [9.17, 15) is 14.7 Å². The molecule has 0 spiro atoms. The zero-order chi connectivity index (χ0) is 22.8. The molecule has 7 nitrogen and oxygen atoms in total. The van der Waals surface area contributed by atoms with Gasteiger partial charge in [-0.05, 0) is 74.3 Å². The number of nitrogens with zero attached hydrogens (tertiary/aromatic N) is 2. The predicted molar refractivity (Wildman–Crippen MR) is 125 cm³/mol. The van der Waals surface area contributed by atoms with Gasteiger partial charge in [-0.15, -0.1) is 0 Å². The van der Waals surface area contributed by atoms with Crippen molar-refractivity contribution in [1.29, 1.82) is 0 Å². The molecule has 2 aliphatic rings. The Bertz CT molecular complexity index is 1130. The molecule has 2 heterocycles. The highest BCUT2D eigenvalue weighted by Crippen LogP contribution is 2.37. The minimum Gasteiger partial charge on any atom is -0.394 e. The second-order valence-electron chi connectivity index (χ2n) is 9.16. The number of aromatic nitrogens is 1. The molecule has 1 saturated heterocycles. The van der Waals surface area contributed by atoms with Crippen LogP contribution in [0.1, 0.15) is 60.6 Å². The van der Waals surface area contributed by atoms with Crippen LogP contribution < -0.4 is 5.32 Å². The van der Waals surface area contributed by atoms with Crippen LogP contribution in [0.3, 0.4) is 0 Å². The SMILES string of the molecule is O=C(Nc1ccc([C@H]2CC[C@H](C(=O)N3CCC[C@H]3CO)CC2)cc1)c1onc2ccccc12. The number of hydrogen-bond acceptors (Lipinski definition) is 5. The standard InChI is InChI=1S/C26H29N3O4/c30-16-21-4-3-15-29(21)26(32)19-9-7-17(8-10-19)18-11-13-20(14-12-18)27-25(31)24-22-5-1-2-6-23(22)28-33-24/h1-2,5-6,11-14,17,19,21,30H,3-4,7-10,15-16H2,(H,27,31)/t17-,19-,21-/m0/s1. The maximum atomic E-state index is 12.9. The van der Waals surface area contributed by atoms with Gasteiger partial charge < -0.3 is 19.8 Å². The first-order valence-electron chi connectivity index (χ1n) is 11.8. The van der Waals surface area contributed by atoms with Gasteiger partial charge in [-0.1, -0.05) is 29.4 Å². The molecule has 1 atom stereocenters. The molecule has 1 aliphatic heterocycles. The molecule has 0 bridgehead atoms.